The maximum Gasteiger partial charge on any atom is 0.0706 e. The largest absolute Gasteiger partial charge is 0.397 e. The first-order valence-electron chi connectivity index (χ1n) is 6.37. The summed E-state index contributed by atoms with van der Waals surface area (Å²) < 4.78 is 0. The van der Waals surface area contributed by atoms with Crippen molar-refractivity contribution in [1.82, 2.24) is 4.98 Å². The number of nitrogens with two attached hydrogens (primary N) is 1. The van der Waals surface area contributed by atoms with Crippen LogP contribution in [0.5, 0.6) is 0 Å². The van der Waals surface area contributed by atoms with Crippen molar-refractivity contribution in [3.05, 3.63) is 47.7 Å². The van der Waals surface area contributed by atoms with Gasteiger partial charge in [-0.25, -0.2) is 0 Å². The second-order valence-corrected chi connectivity index (χ2v) is 5.22. The fourth-order valence-corrected chi connectivity index (χ4v) is 2.01. The van der Waals surface area contributed by atoms with E-state index in [1.54, 1.807) is 6.20 Å². The van der Waals surface area contributed by atoms with Gasteiger partial charge >= 0.3 is 0 Å². The molecule has 0 saturated carbocycles. The van der Waals surface area contributed by atoms with Crippen LogP contribution in [0.2, 0.25) is 0 Å². The third-order valence-corrected chi connectivity index (χ3v) is 3.04. The van der Waals surface area contributed by atoms with Crippen molar-refractivity contribution in [2.45, 2.75) is 27.2 Å². The summed E-state index contributed by atoms with van der Waals surface area (Å²) >= 11 is 0. The number of aryl methyl sites for hydroxylation is 1. The van der Waals surface area contributed by atoms with E-state index in [9.17, 15) is 0 Å². The predicted octanol–water partition coefficient (Wildman–Crippen LogP) is 3.84. The zero-order valence-electron chi connectivity index (χ0n) is 11.3. The zero-order chi connectivity index (χ0) is 13.1. The first-order valence-corrected chi connectivity index (χ1v) is 6.37. The molecular formula is C16H20N2. The molecule has 2 N–H and O–H groups in total. The van der Waals surface area contributed by atoms with Crippen molar-refractivity contribution in [2.75, 3.05) is 5.73 Å². The Balaban J connectivity index is 2.25. The molecule has 2 aromatic rings. The number of hydrogen-bond donors (Lipinski definition) is 1. The molecule has 1 heterocycles. The molecule has 0 bridgehead atoms. The molecule has 2 nitrogen and oxygen atoms in total. The molecular weight excluding hydrogens is 220 g/mol. The van der Waals surface area contributed by atoms with E-state index >= 15 is 0 Å². The first-order chi connectivity index (χ1) is 8.56. The Hall–Kier alpha value is -1.83. The number of anilines is 1. The first kappa shape index (κ1) is 12.6. The highest BCUT2D eigenvalue weighted by Crippen LogP contribution is 2.21. The highest BCUT2D eigenvalue weighted by Gasteiger charge is 2.03. The van der Waals surface area contributed by atoms with Crippen molar-refractivity contribution in [1.29, 1.82) is 0 Å². The minimum Gasteiger partial charge on any atom is -0.397 e. The number of hydrogen-bond acceptors (Lipinski definition) is 2. The van der Waals surface area contributed by atoms with Crippen LogP contribution in [0.3, 0.4) is 0 Å². The summed E-state index contributed by atoms with van der Waals surface area (Å²) in [6.45, 7) is 6.48. The van der Waals surface area contributed by atoms with Crippen LogP contribution in [0.15, 0.2) is 36.5 Å². The van der Waals surface area contributed by atoms with Crippen LogP contribution in [0.25, 0.3) is 11.3 Å². The lowest BCUT2D eigenvalue weighted by Crippen LogP contribution is -1.95. The van der Waals surface area contributed by atoms with Gasteiger partial charge in [0.15, 0.2) is 0 Å². The molecule has 0 amide bonds. The van der Waals surface area contributed by atoms with E-state index in [4.69, 9.17) is 5.73 Å². The fourth-order valence-electron chi connectivity index (χ4n) is 2.01. The van der Waals surface area contributed by atoms with Crippen molar-refractivity contribution >= 4 is 5.69 Å². The van der Waals surface area contributed by atoms with Crippen molar-refractivity contribution < 1.29 is 0 Å². The standard InChI is InChI=1S/C16H20N2/c1-11(2)8-13-4-6-14(7-5-13)16-9-12(3)15(17)10-18-16/h4-7,9-11H,8,17H2,1-3H3. The number of nitrogens with zero attached hydrogens (tertiary/aromatic N) is 1. The van der Waals surface area contributed by atoms with Crippen LogP contribution < -0.4 is 5.73 Å². The Morgan fingerprint density at radius 3 is 2.39 bits per heavy atom. The highest BCUT2D eigenvalue weighted by molar-refractivity contribution is 5.63. The van der Waals surface area contributed by atoms with E-state index in [2.05, 4.69) is 43.1 Å². The third kappa shape index (κ3) is 2.89. The number of aromatic nitrogens is 1. The summed E-state index contributed by atoms with van der Waals surface area (Å²) in [5.41, 5.74) is 11.1. The SMILES string of the molecule is Cc1cc(-c2ccc(CC(C)C)cc2)ncc1N. The van der Waals surface area contributed by atoms with E-state index in [0.717, 1.165) is 28.9 Å². The van der Waals surface area contributed by atoms with Gasteiger partial charge in [-0.1, -0.05) is 38.1 Å². The van der Waals surface area contributed by atoms with Crippen molar-refractivity contribution in [3.8, 4) is 11.3 Å². The topological polar surface area (TPSA) is 38.9 Å². The lowest BCUT2D eigenvalue weighted by Gasteiger charge is -2.07. The van der Waals surface area contributed by atoms with Crippen LogP contribution in [-0.4, -0.2) is 4.98 Å². The average Bonchev–Trinajstić information content (AvgIpc) is 2.33. The summed E-state index contributed by atoms with van der Waals surface area (Å²) in [6.07, 6.45) is 2.85. The lowest BCUT2D eigenvalue weighted by molar-refractivity contribution is 0.647. The van der Waals surface area contributed by atoms with E-state index < -0.39 is 0 Å². The molecule has 0 spiro atoms. The Morgan fingerprint density at radius 1 is 1.17 bits per heavy atom. The molecule has 0 atom stereocenters. The number of benzene rings is 1. The van der Waals surface area contributed by atoms with Gasteiger partial charge in [0.2, 0.25) is 0 Å². The summed E-state index contributed by atoms with van der Waals surface area (Å²) in [4.78, 5) is 4.37. The molecule has 2 rings (SSSR count). The lowest BCUT2D eigenvalue weighted by atomic mass is 10.0. The minimum atomic E-state index is 0.688. The Labute approximate surface area is 109 Å². The molecule has 1 aromatic heterocycles. The molecule has 0 fully saturated rings. The number of nitrogen functional groups attached to an aromatic ring is 1. The molecule has 2 heteroatoms. The second-order valence-electron chi connectivity index (χ2n) is 5.22. The molecule has 18 heavy (non-hydrogen) atoms. The third-order valence-electron chi connectivity index (χ3n) is 3.04. The highest BCUT2D eigenvalue weighted by atomic mass is 14.7. The maximum atomic E-state index is 5.78. The minimum absolute atomic E-state index is 0.688. The Kier molecular flexibility index (Phi) is 3.66. The van der Waals surface area contributed by atoms with E-state index in [1.807, 2.05) is 13.0 Å². The summed E-state index contributed by atoms with van der Waals surface area (Å²) in [7, 11) is 0. The van der Waals surface area contributed by atoms with Gasteiger partial charge in [-0.3, -0.25) is 4.98 Å². The molecule has 0 saturated heterocycles. The average molecular weight is 240 g/mol. The summed E-state index contributed by atoms with van der Waals surface area (Å²) in [5, 5.41) is 0. The van der Waals surface area contributed by atoms with Crippen LogP contribution >= 0.6 is 0 Å². The van der Waals surface area contributed by atoms with Gasteiger partial charge < -0.3 is 5.73 Å². The van der Waals surface area contributed by atoms with Gasteiger partial charge in [0.25, 0.3) is 0 Å². The van der Waals surface area contributed by atoms with E-state index in [1.165, 1.54) is 5.56 Å². The number of rotatable bonds is 3. The number of pyridine rings is 1. The van der Waals surface area contributed by atoms with Crippen LogP contribution in [0, 0.1) is 12.8 Å². The van der Waals surface area contributed by atoms with E-state index in [-0.39, 0.29) is 0 Å². The fraction of sp³-hybridized carbons (Fsp3) is 0.312. The van der Waals surface area contributed by atoms with Crippen LogP contribution in [0.4, 0.5) is 5.69 Å². The van der Waals surface area contributed by atoms with Crippen molar-refractivity contribution in [2.24, 2.45) is 5.92 Å². The van der Waals surface area contributed by atoms with Gasteiger partial charge in [0.05, 0.1) is 17.6 Å². The van der Waals surface area contributed by atoms with E-state index in [0.29, 0.717) is 5.92 Å². The molecule has 0 aliphatic carbocycles. The van der Waals surface area contributed by atoms with Crippen molar-refractivity contribution in [3.63, 3.8) is 0 Å². The molecule has 0 aliphatic rings. The monoisotopic (exact) mass is 240 g/mol. The maximum absolute atomic E-state index is 5.78. The summed E-state index contributed by atoms with van der Waals surface area (Å²) in [5.74, 6) is 0.688. The van der Waals surface area contributed by atoms with Gasteiger partial charge in [0, 0.05) is 5.56 Å². The van der Waals surface area contributed by atoms with Gasteiger partial charge in [-0.15, -0.1) is 0 Å². The molecule has 0 aliphatic heterocycles. The Bertz CT molecular complexity index is 527. The Morgan fingerprint density at radius 2 is 1.83 bits per heavy atom. The smallest absolute Gasteiger partial charge is 0.0706 e. The normalized spacial score (nSPS) is 10.9. The predicted molar refractivity (Wildman–Crippen MR) is 77.4 cm³/mol. The second kappa shape index (κ2) is 5.21. The quantitative estimate of drug-likeness (QED) is 0.885. The molecule has 94 valence electrons. The van der Waals surface area contributed by atoms with Crippen LogP contribution in [0.1, 0.15) is 25.0 Å². The zero-order valence-corrected chi connectivity index (χ0v) is 11.3. The summed E-state index contributed by atoms with van der Waals surface area (Å²) in [6, 6.07) is 10.7. The molecule has 1 aromatic carbocycles. The van der Waals surface area contributed by atoms with Gasteiger partial charge in [-0.05, 0) is 36.5 Å². The van der Waals surface area contributed by atoms with Gasteiger partial charge in [-0.2, -0.15) is 0 Å². The van der Waals surface area contributed by atoms with Gasteiger partial charge in [0.1, 0.15) is 0 Å². The molecule has 0 unspecified atom stereocenters. The van der Waals surface area contributed by atoms with Crippen LogP contribution in [-0.2, 0) is 6.42 Å². The molecule has 0 radical (unpaired) electrons.